The van der Waals surface area contributed by atoms with Gasteiger partial charge in [-0.25, -0.2) is 0 Å². The van der Waals surface area contributed by atoms with Gasteiger partial charge in [0.15, 0.2) is 5.82 Å². The summed E-state index contributed by atoms with van der Waals surface area (Å²) in [5, 5.41) is 8.67. The van der Waals surface area contributed by atoms with Gasteiger partial charge in [-0.2, -0.15) is 5.10 Å². The van der Waals surface area contributed by atoms with E-state index in [0.717, 1.165) is 11.5 Å². The van der Waals surface area contributed by atoms with E-state index in [1.54, 1.807) is 6.92 Å². The number of aromatic nitrogens is 2. The third-order valence-corrected chi connectivity index (χ3v) is 3.88. The maximum atomic E-state index is 11.0. The molecule has 0 radical (unpaired) electrons. The lowest BCUT2D eigenvalue weighted by Crippen LogP contribution is -2.22. The number of anilines is 1. The van der Waals surface area contributed by atoms with Crippen molar-refractivity contribution in [2.45, 2.75) is 51.4 Å². The van der Waals surface area contributed by atoms with Crippen LogP contribution in [0, 0.1) is 0 Å². The summed E-state index contributed by atoms with van der Waals surface area (Å²) in [6.45, 7) is 2.32. The molecule has 0 aliphatic heterocycles. The average Bonchev–Trinajstić information content (AvgIpc) is 2.46. The first-order valence-electron chi connectivity index (χ1n) is 7.21. The maximum Gasteiger partial charge on any atom is 0.150 e. The molecule has 1 aliphatic rings. The van der Waals surface area contributed by atoms with E-state index in [1.165, 1.54) is 32.1 Å². The van der Waals surface area contributed by atoms with Gasteiger partial charge < -0.3 is 4.90 Å². The summed E-state index contributed by atoms with van der Waals surface area (Å²) in [4.78, 5) is 13.0. The first kappa shape index (κ1) is 14.0. The van der Waals surface area contributed by atoms with Gasteiger partial charge in [0.25, 0.3) is 0 Å². The van der Waals surface area contributed by atoms with Crippen LogP contribution >= 0.6 is 0 Å². The molecule has 1 aromatic rings. The molecule has 0 saturated heterocycles. The summed E-state index contributed by atoms with van der Waals surface area (Å²) in [7, 11) is 1.95. The number of hydrogen-bond acceptors (Lipinski definition) is 4. The quantitative estimate of drug-likeness (QED) is 0.817. The second kappa shape index (κ2) is 6.64. The second-order valence-electron chi connectivity index (χ2n) is 5.52. The Kier molecular flexibility index (Phi) is 4.88. The Hall–Kier alpha value is -1.45. The number of hydrogen-bond donors (Lipinski definition) is 0. The number of rotatable bonds is 5. The molecule has 0 spiro atoms. The molecule has 0 amide bonds. The third-order valence-electron chi connectivity index (χ3n) is 3.88. The largest absolute Gasteiger partial charge is 0.358 e. The fraction of sp³-hybridized carbons (Fsp3) is 0.667. The van der Waals surface area contributed by atoms with E-state index in [2.05, 4.69) is 16.3 Å². The Morgan fingerprint density at radius 2 is 2.00 bits per heavy atom. The predicted molar refractivity (Wildman–Crippen MR) is 76.4 cm³/mol. The molecule has 1 aromatic heterocycles. The highest BCUT2D eigenvalue weighted by Crippen LogP contribution is 2.31. The van der Waals surface area contributed by atoms with Crippen LogP contribution in [0.15, 0.2) is 12.1 Å². The molecule has 0 bridgehead atoms. The van der Waals surface area contributed by atoms with Gasteiger partial charge in [-0.05, 0) is 31.9 Å². The molecule has 1 aliphatic carbocycles. The van der Waals surface area contributed by atoms with E-state index in [9.17, 15) is 4.79 Å². The Balaban J connectivity index is 1.95. The number of carbonyl (C=O) groups is 1. The molecule has 1 fully saturated rings. The zero-order valence-corrected chi connectivity index (χ0v) is 11.9. The van der Waals surface area contributed by atoms with Crippen molar-refractivity contribution in [1.82, 2.24) is 10.2 Å². The molecule has 0 N–H and O–H groups in total. The molecule has 1 saturated carbocycles. The summed E-state index contributed by atoms with van der Waals surface area (Å²) in [6.07, 6.45) is 7.03. The predicted octanol–water partition coefficient (Wildman–Crippen LogP) is 2.94. The van der Waals surface area contributed by atoms with Crippen molar-refractivity contribution in [3.63, 3.8) is 0 Å². The van der Waals surface area contributed by atoms with Gasteiger partial charge in [0.2, 0.25) is 0 Å². The van der Waals surface area contributed by atoms with Crippen molar-refractivity contribution < 1.29 is 4.79 Å². The van der Waals surface area contributed by atoms with Gasteiger partial charge in [-0.15, -0.1) is 5.10 Å². The van der Waals surface area contributed by atoms with Crippen LogP contribution in [-0.4, -0.2) is 29.6 Å². The van der Waals surface area contributed by atoms with Crippen molar-refractivity contribution in [3.8, 4) is 0 Å². The molecule has 2 rings (SSSR count). The minimum Gasteiger partial charge on any atom is -0.358 e. The van der Waals surface area contributed by atoms with Crippen molar-refractivity contribution in [2.24, 2.45) is 0 Å². The summed E-state index contributed by atoms with van der Waals surface area (Å²) >= 11 is 0. The van der Waals surface area contributed by atoms with Crippen LogP contribution in [0.5, 0.6) is 0 Å². The average molecular weight is 261 g/mol. The second-order valence-corrected chi connectivity index (χ2v) is 5.52. The van der Waals surface area contributed by atoms with E-state index in [1.807, 2.05) is 18.0 Å². The van der Waals surface area contributed by atoms with Crippen molar-refractivity contribution in [1.29, 1.82) is 0 Å². The molecule has 19 heavy (non-hydrogen) atoms. The standard InChI is InChI=1S/C15H23N3O/c1-12(19)10-11-18(2)15-9-8-14(16-17-15)13-6-4-3-5-7-13/h8-9,13H,3-7,10-11H2,1-2H3. The minimum absolute atomic E-state index is 0.207. The van der Waals surface area contributed by atoms with Gasteiger partial charge in [0.05, 0.1) is 5.69 Å². The molecular formula is C15H23N3O. The topological polar surface area (TPSA) is 46.1 Å². The summed E-state index contributed by atoms with van der Waals surface area (Å²) in [5.41, 5.74) is 1.13. The first-order valence-corrected chi connectivity index (χ1v) is 7.21. The molecule has 104 valence electrons. The smallest absolute Gasteiger partial charge is 0.150 e. The zero-order valence-electron chi connectivity index (χ0n) is 11.9. The van der Waals surface area contributed by atoms with Gasteiger partial charge in [-0.3, -0.25) is 4.79 Å². The van der Waals surface area contributed by atoms with Crippen LogP contribution in [-0.2, 0) is 4.79 Å². The Morgan fingerprint density at radius 3 is 2.58 bits per heavy atom. The van der Waals surface area contributed by atoms with Crippen LogP contribution in [0.1, 0.15) is 57.1 Å². The van der Waals surface area contributed by atoms with Gasteiger partial charge >= 0.3 is 0 Å². The Morgan fingerprint density at radius 1 is 1.26 bits per heavy atom. The van der Waals surface area contributed by atoms with Crippen LogP contribution < -0.4 is 4.90 Å². The Bertz CT molecular complexity index is 410. The van der Waals surface area contributed by atoms with Crippen LogP contribution in [0.2, 0.25) is 0 Å². The van der Waals surface area contributed by atoms with Crippen LogP contribution in [0.4, 0.5) is 5.82 Å². The number of ketones is 1. The lowest BCUT2D eigenvalue weighted by molar-refractivity contribution is -0.116. The molecule has 4 nitrogen and oxygen atoms in total. The fourth-order valence-corrected chi connectivity index (χ4v) is 2.59. The number of nitrogens with zero attached hydrogens (tertiary/aromatic N) is 3. The van der Waals surface area contributed by atoms with Gasteiger partial charge in [-0.1, -0.05) is 19.3 Å². The van der Waals surface area contributed by atoms with Crippen molar-refractivity contribution >= 4 is 11.6 Å². The highest BCUT2D eigenvalue weighted by Gasteiger charge is 2.17. The van der Waals surface area contributed by atoms with E-state index in [4.69, 9.17) is 0 Å². The lowest BCUT2D eigenvalue weighted by Gasteiger charge is -2.21. The lowest BCUT2D eigenvalue weighted by atomic mass is 9.87. The van der Waals surface area contributed by atoms with Crippen LogP contribution in [0.25, 0.3) is 0 Å². The molecule has 4 heteroatoms. The van der Waals surface area contributed by atoms with E-state index < -0.39 is 0 Å². The normalized spacial score (nSPS) is 16.3. The Labute approximate surface area is 115 Å². The highest BCUT2D eigenvalue weighted by atomic mass is 16.1. The molecule has 0 atom stereocenters. The fourth-order valence-electron chi connectivity index (χ4n) is 2.59. The van der Waals surface area contributed by atoms with Gasteiger partial charge in [0, 0.05) is 25.9 Å². The summed E-state index contributed by atoms with van der Waals surface area (Å²) < 4.78 is 0. The maximum absolute atomic E-state index is 11.0. The molecule has 0 aromatic carbocycles. The van der Waals surface area contributed by atoms with Crippen molar-refractivity contribution in [3.05, 3.63) is 17.8 Å². The summed E-state index contributed by atoms with van der Waals surface area (Å²) in [6, 6.07) is 4.12. The number of carbonyl (C=O) groups excluding carboxylic acids is 1. The minimum atomic E-state index is 0.207. The number of Topliss-reactive ketones (excluding diaryl/α,β-unsaturated/α-hetero) is 1. The zero-order chi connectivity index (χ0) is 13.7. The van der Waals surface area contributed by atoms with E-state index >= 15 is 0 Å². The SMILES string of the molecule is CC(=O)CCN(C)c1ccc(C2CCCCC2)nn1. The van der Waals surface area contributed by atoms with E-state index in [-0.39, 0.29) is 5.78 Å². The monoisotopic (exact) mass is 261 g/mol. The van der Waals surface area contributed by atoms with Crippen LogP contribution in [0.3, 0.4) is 0 Å². The molecular weight excluding hydrogens is 238 g/mol. The highest BCUT2D eigenvalue weighted by molar-refractivity contribution is 5.76. The molecule has 0 unspecified atom stereocenters. The third kappa shape index (κ3) is 4.01. The first-order chi connectivity index (χ1) is 9.16. The van der Waals surface area contributed by atoms with Crippen molar-refractivity contribution in [2.75, 3.05) is 18.5 Å². The van der Waals surface area contributed by atoms with Gasteiger partial charge in [0.1, 0.15) is 5.78 Å². The summed E-state index contributed by atoms with van der Waals surface area (Å²) in [5.74, 6) is 1.65. The van der Waals surface area contributed by atoms with E-state index in [0.29, 0.717) is 18.9 Å². The molecule has 1 heterocycles.